The van der Waals surface area contributed by atoms with Gasteiger partial charge in [0.1, 0.15) is 6.61 Å². The minimum Gasteiger partial charge on any atom is -0.445 e. The van der Waals surface area contributed by atoms with E-state index in [0.29, 0.717) is 19.6 Å². The van der Waals surface area contributed by atoms with Crippen LogP contribution in [0.2, 0.25) is 0 Å². The lowest BCUT2D eigenvalue weighted by atomic mass is 10.1. The summed E-state index contributed by atoms with van der Waals surface area (Å²) in [6.07, 6.45) is 1.14. The zero-order chi connectivity index (χ0) is 12.5. The topological polar surface area (TPSA) is 49.8 Å². The zero-order valence-corrected chi connectivity index (χ0v) is 10.2. The van der Waals surface area contributed by atoms with Crippen LogP contribution in [0.15, 0.2) is 30.3 Å². The smallest absolute Gasteiger partial charge is 0.410 e. The molecule has 1 saturated heterocycles. The molecule has 96 valence electrons. The summed E-state index contributed by atoms with van der Waals surface area (Å²) in [5, 5.41) is 9.65. The van der Waals surface area contributed by atoms with Crippen LogP contribution in [0, 0.1) is 5.92 Å². The maximum Gasteiger partial charge on any atom is 0.410 e. The van der Waals surface area contributed by atoms with Crippen molar-refractivity contribution in [3.05, 3.63) is 35.9 Å². The summed E-state index contributed by atoms with van der Waals surface area (Å²) in [7, 11) is 0. The highest BCUT2D eigenvalue weighted by molar-refractivity contribution is 5.68. The molecule has 2 bridgehead atoms. The molecule has 3 atom stereocenters. The molecule has 4 heteroatoms. The number of aliphatic hydroxyl groups excluding tert-OH is 1. The number of likely N-dealkylation sites (tertiary alicyclic amines) is 1. The van der Waals surface area contributed by atoms with Crippen LogP contribution >= 0.6 is 0 Å². The van der Waals surface area contributed by atoms with Gasteiger partial charge in [-0.1, -0.05) is 30.3 Å². The molecule has 0 spiro atoms. The van der Waals surface area contributed by atoms with Gasteiger partial charge in [-0.3, -0.25) is 0 Å². The number of carbonyl (C=O) groups excluding carboxylic acids is 1. The highest BCUT2D eigenvalue weighted by Crippen LogP contribution is 2.37. The predicted octanol–water partition coefficient (Wildman–Crippen LogP) is 1.78. The Morgan fingerprint density at radius 3 is 2.72 bits per heavy atom. The first-order chi connectivity index (χ1) is 8.74. The summed E-state index contributed by atoms with van der Waals surface area (Å²) in [4.78, 5) is 13.7. The maximum atomic E-state index is 11.9. The first-order valence-electron chi connectivity index (χ1n) is 6.39. The Morgan fingerprint density at radius 1 is 1.33 bits per heavy atom. The minimum atomic E-state index is -0.252. The van der Waals surface area contributed by atoms with E-state index >= 15 is 0 Å². The molecule has 2 aliphatic rings. The normalized spacial score (nSPS) is 29.6. The van der Waals surface area contributed by atoms with Gasteiger partial charge in [-0.15, -0.1) is 0 Å². The third-order valence-corrected chi connectivity index (χ3v) is 3.94. The van der Waals surface area contributed by atoms with Gasteiger partial charge in [-0.25, -0.2) is 4.79 Å². The van der Waals surface area contributed by atoms with E-state index in [-0.39, 0.29) is 24.2 Å². The third-order valence-electron chi connectivity index (χ3n) is 3.94. The van der Waals surface area contributed by atoms with Gasteiger partial charge in [0.2, 0.25) is 0 Å². The lowest BCUT2D eigenvalue weighted by molar-refractivity contribution is 0.0517. The van der Waals surface area contributed by atoms with Crippen LogP contribution < -0.4 is 0 Å². The van der Waals surface area contributed by atoms with E-state index in [1.54, 1.807) is 4.90 Å². The van der Waals surface area contributed by atoms with E-state index in [0.717, 1.165) is 12.0 Å². The summed E-state index contributed by atoms with van der Waals surface area (Å²) in [6, 6.07) is 9.84. The molecule has 1 aliphatic heterocycles. The summed E-state index contributed by atoms with van der Waals surface area (Å²) in [5.41, 5.74) is 0.996. The Morgan fingerprint density at radius 2 is 2.11 bits per heavy atom. The number of benzene rings is 1. The van der Waals surface area contributed by atoms with Crippen LogP contribution in [0.25, 0.3) is 0 Å². The molecule has 2 fully saturated rings. The van der Waals surface area contributed by atoms with Gasteiger partial charge in [-0.2, -0.15) is 0 Å². The summed E-state index contributed by atoms with van der Waals surface area (Å²) < 4.78 is 5.31. The van der Waals surface area contributed by atoms with Crippen molar-refractivity contribution >= 4 is 6.09 Å². The van der Waals surface area contributed by atoms with Crippen LogP contribution in [0.5, 0.6) is 0 Å². The molecule has 1 amide bonds. The molecular weight excluding hydrogens is 230 g/mol. The van der Waals surface area contributed by atoms with Gasteiger partial charge >= 0.3 is 6.09 Å². The number of hydrogen-bond donors (Lipinski definition) is 1. The summed E-state index contributed by atoms with van der Waals surface area (Å²) in [6.45, 7) is 0.954. The number of fused-ring (bicyclic) bond motifs is 2. The van der Waals surface area contributed by atoms with Crippen molar-refractivity contribution in [3.63, 3.8) is 0 Å². The number of rotatable bonds is 2. The standard InChI is InChI=1S/C14H17NO3/c16-13-7-12-6-11(13)8-15(12)14(17)18-9-10-4-2-1-3-5-10/h1-5,11-13,16H,6-9H2/t11-,12-,13?/m0/s1. The maximum absolute atomic E-state index is 11.9. The third kappa shape index (κ3) is 2.08. The van der Waals surface area contributed by atoms with Crippen LogP contribution in [-0.2, 0) is 11.3 Å². The molecule has 1 aromatic rings. The molecular formula is C14H17NO3. The lowest BCUT2D eigenvalue weighted by Gasteiger charge is -2.28. The van der Waals surface area contributed by atoms with E-state index < -0.39 is 0 Å². The number of aliphatic hydroxyl groups is 1. The molecule has 1 N–H and O–H groups in total. The van der Waals surface area contributed by atoms with E-state index in [4.69, 9.17) is 4.74 Å². The van der Waals surface area contributed by atoms with Crippen LogP contribution in [-0.4, -0.2) is 34.8 Å². The van der Waals surface area contributed by atoms with Gasteiger partial charge in [-0.05, 0) is 18.4 Å². The average molecular weight is 247 g/mol. The SMILES string of the molecule is O=C(OCc1ccccc1)N1C[C@@H]2C[C@H]1CC2O. The van der Waals surface area contributed by atoms with Crippen molar-refractivity contribution in [1.82, 2.24) is 4.90 Å². The largest absolute Gasteiger partial charge is 0.445 e. The molecule has 1 aromatic carbocycles. The Balaban J connectivity index is 1.54. The molecule has 4 nitrogen and oxygen atoms in total. The molecule has 1 unspecified atom stereocenters. The minimum absolute atomic E-state index is 0.174. The van der Waals surface area contributed by atoms with Crippen molar-refractivity contribution in [2.45, 2.75) is 31.6 Å². The number of nitrogens with zero attached hydrogens (tertiary/aromatic N) is 1. The molecule has 1 heterocycles. The second-order valence-corrected chi connectivity index (χ2v) is 5.15. The van der Waals surface area contributed by atoms with E-state index in [2.05, 4.69) is 0 Å². The van der Waals surface area contributed by atoms with Gasteiger partial charge < -0.3 is 14.7 Å². The number of amides is 1. The van der Waals surface area contributed by atoms with E-state index in [1.807, 2.05) is 30.3 Å². The first kappa shape index (κ1) is 11.5. The highest BCUT2D eigenvalue weighted by Gasteiger charge is 2.46. The number of ether oxygens (including phenoxy) is 1. The average Bonchev–Trinajstić information content (AvgIpc) is 2.96. The monoisotopic (exact) mass is 247 g/mol. The summed E-state index contributed by atoms with van der Waals surface area (Å²) >= 11 is 0. The predicted molar refractivity (Wildman–Crippen MR) is 65.9 cm³/mol. The van der Waals surface area contributed by atoms with Gasteiger partial charge in [0.05, 0.1) is 6.10 Å². The summed E-state index contributed by atoms with van der Waals surface area (Å²) in [5.74, 6) is 0.249. The van der Waals surface area contributed by atoms with Gasteiger partial charge in [0.15, 0.2) is 0 Å². The molecule has 1 saturated carbocycles. The van der Waals surface area contributed by atoms with Crippen molar-refractivity contribution in [2.75, 3.05) is 6.54 Å². The Bertz CT molecular complexity index is 432. The van der Waals surface area contributed by atoms with Crippen LogP contribution in [0.3, 0.4) is 0 Å². The second kappa shape index (κ2) is 4.61. The Kier molecular flexibility index (Phi) is 2.96. The molecule has 3 rings (SSSR count). The highest BCUT2D eigenvalue weighted by atomic mass is 16.6. The first-order valence-corrected chi connectivity index (χ1v) is 6.39. The fourth-order valence-electron chi connectivity index (χ4n) is 2.95. The quantitative estimate of drug-likeness (QED) is 0.866. The van der Waals surface area contributed by atoms with E-state index in [9.17, 15) is 9.90 Å². The fourth-order valence-corrected chi connectivity index (χ4v) is 2.95. The number of piperidine rings is 1. The van der Waals surface area contributed by atoms with Gasteiger partial charge in [0.25, 0.3) is 0 Å². The molecule has 0 aromatic heterocycles. The molecule has 0 radical (unpaired) electrons. The zero-order valence-electron chi connectivity index (χ0n) is 10.2. The van der Waals surface area contributed by atoms with Crippen molar-refractivity contribution in [3.8, 4) is 0 Å². The van der Waals surface area contributed by atoms with Gasteiger partial charge in [0, 0.05) is 18.5 Å². The van der Waals surface area contributed by atoms with Crippen molar-refractivity contribution in [1.29, 1.82) is 0 Å². The Hall–Kier alpha value is -1.55. The lowest BCUT2D eigenvalue weighted by Crippen LogP contribution is -2.41. The molecule has 1 aliphatic carbocycles. The van der Waals surface area contributed by atoms with E-state index in [1.165, 1.54) is 0 Å². The fraction of sp³-hybridized carbons (Fsp3) is 0.500. The number of hydrogen-bond acceptors (Lipinski definition) is 3. The molecule has 18 heavy (non-hydrogen) atoms. The second-order valence-electron chi connectivity index (χ2n) is 5.15. The Labute approximate surface area is 106 Å². The number of carbonyl (C=O) groups is 1. The van der Waals surface area contributed by atoms with Crippen molar-refractivity contribution < 1.29 is 14.6 Å². The van der Waals surface area contributed by atoms with Crippen LogP contribution in [0.4, 0.5) is 4.79 Å². The van der Waals surface area contributed by atoms with Crippen LogP contribution in [0.1, 0.15) is 18.4 Å². The van der Waals surface area contributed by atoms with Crippen molar-refractivity contribution in [2.24, 2.45) is 5.92 Å².